The summed E-state index contributed by atoms with van der Waals surface area (Å²) < 4.78 is 8.12. The van der Waals surface area contributed by atoms with Gasteiger partial charge in [0.15, 0.2) is 5.78 Å². The van der Waals surface area contributed by atoms with E-state index in [-0.39, 0.29) is 30.4 Å². The lowest BCUT2D eigenvalue weighted by molar-refractivity contribution is -0.137. The minimum Gasteiger partial charge on any atom is -0.486 e. The molecule has 0 saturated carbocycles. The number of anilines is 1. The number of hydrogen-bond acceptors (Lipinski definition) is 5. The second-order valence-corrected chi connectivity index (χ2v) is 8.75. The number of ether oxygens (including phenoxy) is 1. The van der Waals surface area contributed by atoms with Crippen LogP contribution in [-0.2, 0) is 16.1 Å². The molecule has 2 amide bonds. The molecular weight excluding hydrogens is 408 g/mol. The zero-order valence-corrected chi connectivity index (χ0v) is 19.1. The summed E-state index contributed by atoms with van der Waals surface area (Å²) in [5.41, 5.74) is 2.22. The summed E-state index contributed by atoms with van der Waals surface area (Å²) in [5, 5.41) is 7.40. The van der Waals surface area contributed by atoms with Crippen molar-refractivity contribution < 1.29 is 19.1 Å². The van der Waals surface area contributed by atoms with Crippen LogP contribution in [0.2, 0.25) is 0 Å². The van der Waals surface area contributed by atoms with Crippen LogP contribution in [-0.4, -0.2) is 50.5 Å². The first-order valence-corrected chi connectivity index (χ1v) is 11.2. The zero-order valence-electron chi connectivity index (χ0n) is 19.1. The molecule has 1 aromatic heterocycles. The number of fused-ring (bicyclic) bond motifs is 1. The topological polar surface area (TPSA) is 93.5 Å². The van der Waals surface area contributed by atoms with E-state index in [0.717, 1.165) is 11.4 Å². The molecule has 2 aliphatic heterocycles. The zero-order chi connectivity index (χ0) is 23.0. The number of carbonyl (C=O) groups excluding carboxylic acids is 3. The van der Waals surface area contributed by atoms with E-state index in [1.165, 1.54) is 0 Å². The SMILES string of the molecule is CCn1nc(C)c(NC(=O)[C@@H](C)N2CC[C@]3(CCC2=O)CC(=O)c2ccccc2O3)c1C. The molecule has 1 saturated heterocycles. The fraction of sp³-hybridized carbons (Fsp3) is 0.500. The Morgan fingerprint density at radius 1 is 1.25 bits per heavy atom. The summed E-state index contributed by atoms with van der Waals surface area (Å²) in [5.74, 6) is 0.269. The van der Waals surface area contributed by atoms with Crippen LogP contribution in [0.4, 0.5) is 5.69 Å². The summed E-state index contributed by atoms with van der Waals surface area (Å²) in [7, 11) is 0. The fourth-order valence-electron chi connectivity index (χ4n) is 4.74. The average molecular weight is 439 g/mol. The maximum absolute atomic E-state index is 13.0. The number of aryl methyl sites for hydroxylation is 2. The molecule has 8 heteroatoms. The van der Waals surface area contributed by atoms with Crippen LogP contribution >= 0.6 is 0 Å². The van der Waals surface area contributed by atoms with Gasteiger partial charge in [0.1, 0.15) is 17.4 Å². The van der Waals surface area contributed by atoms with Crippen molar-refractivity contribution in [2.75, 3.05) is 11.9 Å². The summed E-state index contributed by atoms with van der Waals surface area (Å²) in [6, 6.07) is 6.60. The van der Waals surface area contributed by atoms with Crippen LogP contribution in [0.25, 0.3) is 0 Å². The van der Waals surface area contributed by atoms with Crippen molar-refractivity contribution in [1.82, 2.24) is 14.7 Å². The van der Waals surface area contributed by atoms with Gasteiger partial charge in [0.2, 0.25) is 11.8 Å². The predicted molar refractivity (Wildman–Crippen MR) is 120 cm³/mol. The first-order valence-electron chi connectivity index (χ1n) is 11.2. The molecule has 170 valence electrons. The monoisotopic (exact) mass is 438 g/mol. The maximum atomic E-state index is 13.0. The van der Waals surface area contributed by atoms with Crippen LogP contribution in [0.3, 0.4) is 0 Å². The van der Waals surface area contributed by atoms with Crippen molar-refractivity contribution in [3.05, 3.63) is 41.2 Å². The number of carbonyl (C=O) groups is 3. The van der Waals surface area contributed by atoms with E-state index < -0.39 is 11.6 Å². The van der Waals surface area contributed by atoms with E-state index in [1.54, 1.807) is 24.0 Å². The molecule has 1 N–H and O–H groups in total. The highest BCUT2D eigenvalue weighted by molar-refractivity contribution is 6.00. The smallest absolute Gasteiger partial charge is 0.246 e. The number of rotatable bonds is 4. The Bertz CT molecular complexity index is 1080. The molecule has 2 aliphatic rings. The second-order valence-electron chi connectivity index (χ2n) is 8.75. The Morgan fingerprint density at radius 3 is 2.72 bits per heavy atom. The van der Waals surface area contributed by atoms with Gasteiger partial charge in [-0.3, -0.25) is 19.1 Å². The highest BCUT2D eigenvalue weighted by Crippen LogP contribution is 2.39. The normalized spacial score (nSPS) is 21.7. The van der Waals surface area contributed by atoms with Gasteiger partial charge in [-0.05, 0) is 46.2 Å². The molecule has 2 atom stereocenters. The molecule has 3 heterocycles. The lowest BCUT2D eigenvalue weighted by Gasteiger charge is -2.37. The molecule has 4 rings (SSSR count). The molecule has 1 fully saturated rings. The third-order valence-electron chi connectivity index (χ3n) is 6.70. The van der Waals surface area contributed by atoms with E-state index >= 15 is 0 Å². The van der Waals surface area contributed by atoms with Crippen molar-refractivity contribution in [2.45, 2.75) is 71.6 Å². The lowest BCUT2D eigenvalue weighted by atomic mass is 9.84. The summed E-state index contributed by atoms with van der Waals surface area (Å²) in [4.78, 5) is 40.3. The molecule has 32 heavy (non-hydrogen) atoms. The number of amides is 2. The first kappa shape index (κ1) is 22.0. The fourth-order valence-corrected chi connectivity index (χ4v) is 4.74. The molecule has 1 spiro atoms. The maximum Gasteiger partial charge on any atom is 0.246 e. The van der Waals surface area contributed by atoms with Gasteiger partial charge in [0.05, 0.1) is 29.1 Å². The summed E-state index contributed by atoms with van der Waals surface area (Å²) in [6.45, 7) is 8.58. The van der Waals surface area contributed by atoms with Gasteiger partial charge in [0.25, 0.3) is 0 Å². The Morgan fingerprint density at radius 2 is 2.00 bits per heavy atom. The van der Waals surface area contributed by atoms with E-state index in [2.05, 4.69) is 10.4 Å². The standard InChI is InChI=1S/C24H30N4O4/c1-5-28-16(3)22(15(2)26-28)25-23(31)17(4)27-13-12-24(11-10-21(27)30)14-19(29)18-8-6-7-9-20(18)32-24/h6-9,17H,5,10-14H2,1-4H3,(H,25,31)/t17-,24-/m1/s1. The molecule has 1 aromatic carbocycles. The third kappa shape index (κ3) is 3.89. The quantitative estimate of drug-likeness (QED) is 0.791. The average Bonchev–Trinajstić information content (AvgIpc) is 2.94. The van der Waals surface area contributed by atoms with Crippen LogP contribution in [0.5, 0.6) is 5.75 Å². The molecule has 0 radical (unpaired) electrons. The van der Waals surface area contributed by atoms with Crippen molar-refractivity contribution in [3.63, 3.8) is 0 Å². The summed E-state index contributed by atoms with van der Waals surface area (Å²) in [6.07, 6.45) is 1.44. The number of ketones is 1. The Labute approximate surface area is 187 Å². The van der Waals surface area contributed by atoms with E-state index in [0.29, 0.717) is 42.9 Å². The Hall–Kier alpha value is -3.16. The number of likely N-dealkylation sites (tertiary alicyclic amines) is 1. The minimum atomic E-state index is -0.707. The Kier molecular flexibility index (Phi) is 5.79. The molecule has 0 bridgehead atoms. The first-order chi connectivity index (χ1) is 15.2. The molecular formula is C24H30N4O4. The highest BCUT2D eigenvalue weighted by atomic mass is 16.5. The van der Waals surface area contributed by atoms with Gasteiger partial charge >= 0.3 is 0 Å². The van der Waals surface area contributed by atoms with Crippen molar-refractivity contribution in [2.24, 2.45) is 0 Å². The van der Waals surface area contributed by atoms with Gasteiger partial charge < -0.3 is 15.0 Å². The van der Waals surface area contributed by atoms with Crippen LogP contribution in [0, 0.1) is 13.8 Å². The van der Waals surface area contributed by atoms with Gasteiger partial charge in [-0.1, -0.05) is 12.1 Å². The largest absolute Gasteiger partial charge is 0.486 e. The van der Waals surface area contributed by atoms with Gasteiger partial charge in [0, 0.05) is 25.9 Å². The number of Topliss-reactive ketones (excluding diaryl/α,β-unsaturated/α-hetero) is 1. The van der Waals surface area contributed by atoms with E-state index in [1.807, 2.05) is 37.6 Å². The van der Waals surface area contributed by atoms with E-state index in [4.69, 9.17) is 4.74 Å². The second kappa shape index (κ2) is 8.41. The van der Waals surface area contributed by atoms with Crippen LogP contribution in [0.15, 0.2) is 24.3 Å². The third-order valence-corrected chi connectivity index (χ3v) is 6.70. The lowest BCUT2D eigenvalue weighted by Crippen LogP contribution is -2.47. The molecule has 0 unspecified atom stereocenters. The number of nitrogens with zero attached hydrogens (tertiary/aromatic N) is 3. The van der Waals surface area contributed by atoms with Gasteiger partial charge in [-0.25, -0.2) is 0 Å². The number of hydrogen-bond donors (Lipinski definition) is 1. The van der Waals surface area contributed by atoms with Crippen molar-refractivity contribution >= 4 is 23.3 Å². The minimum absolute atomic E-state index is 0.0393. The van der Waals surface area contributed by atoms with Crippen LogP contribution in [0.1, 0.15) is 61.3 Å². The van der Waals surface area contributed by atoms with E-state index in [9.17, 15) is 14.4 Å². The summed E-state index contributed by atoms with van der Waals surface area (Å²) >= 11 is 0. The molecule has 2 aromatic rings. The Balaban J connectivity index is 1.49. The predicted octanol–water partition coefficient (Wildman–Crippen LogP) is 3.26. The number of para-hydroxylation sites is 1. The molecule has 8 nitrogen and oxygen atoms in total. The van der Waals surface area contributed by atoms with Gasteiger partial charge in [-0.2, -0.15) is 5.10 Å². The number of aromatic nitrogens is 2. The number of nitrogens with one attached hydrogen (secondary N) is 1. The molecule has 0 aliphatic carbocycles. The van der Waals surface area contributed by atoms with Crippen molar-refractivity contribution in [3.8, 4) is 5.75 Å². The van der Waals surface area contributed by atoms with Crippen molar-refractivity contribution in [1.29, 1.82) is 0 Å². The highest BCUT2D eigenvalue weighted by Gasteiger charge is 2.44. The van der Waals surface area contributed by atoms with Crippen LogP contribution < -0.4 is 10.1 Å². The number of benzene rings is 1. The van der Waals surface area contributed by atoms with Gasteiger partial charge in [-0.15, -0.1) is 0 Å².